The fourth-order valence-corrected chi connectivity index (χ4v) is 16.5. The second-order valence-electron chi connectivity index (χ2n) is 27.8. The van der Waals surface area contributed by atoms with Crippen molar-refractivity contribution in [2.24, 2.45) is 0 Å². The van der Waals surface area contributed by atoms with Gasteiger partial charge in [0.2, 0.25) is 0 Å². The average molecular weight is 1940 g/mol. The number of aromatic carboxylic acids is 3. The molecule has 36 heteroatoms. The molecule has 0 atom stereocenters. The lowest BCUT2D eigenvalue weighted by Crippen LogP contribution is -2.08. The van der Waals surface area contributed by atoms with Crippen molar-refractivity contribution in [3.63, 3.8) is 0 Å². The zero-order valence-electron chi connectivity index (χ0n) is 65.0. The topological polar surface area (TPSA) is 459 Å². The standard InChI is InChI=1S/C24H16BrN5O2.C22H16BrN7O2.C22H15BrN6O2.C22H14BrN5O2S/c25-20-21(15-7-4-8-16(11-15)24(31)32)29-23-18(13-28-30(23)22(20)26)17-9-10-19(27-12-17)14-5-2-1-3-6-14;23-19-20(15-9-26-29(11-15)12-18(31)32)28-22-16(10-27-30(22)21(19)24)14-6-7-17(25-8-14)13-4-2-1-3-5-13;23-18-19(16-8-9-17(27-16)22(30)31)28-21-14(11-26-29(21)20(18)24)13-6-7-15(25-10-13)12-4-2-1-3-5-12;23-18-19(16-8-9-17(31-16)22(29)30)27-21-14(11-26-28(21)20(18)24)13-6-7-15(25-10-13)12-4-2-1-3-5-12/h1-13H,26H2,(H,31,32);1-11H,12,24H2,(H,31,32);1-11,27H,24H2,(H,30,31);1-11H,24H2,(H,29,30). The summed E-state index contributed by atoms with van der Waals surface area (Å²) >= 11 is 15.1. The summed E-state index contributed by atoms with van der Waals surface area (Å²) in [6.45, 7) is -0.243. The number of hydrogen-bond acceptors (Lipinski definition) is 22. The molecule has 0 aliphatic heterocycles. The first-order chi connectivity index (χ1) is 61.1. The number of H-pyrrole nitrogens is 1. The molecule has 0 aliphatic carbocycles. The highest BCUT2D eigenvalue weighted by atomic mass is 79.9. The number of halogens is 4. The average Bonchev–Trinajstić information content (AvgIpc) is 1.61. The maximum absolute atomic E-state index is 11.4. The van der Waals surface area contributed by atoms with Crippen molar-refractivity contribution in [2.75, 3.05) is 22.9 Å². The maximum Gasteiger partial charge on any atom is 0.352 e. The molecule has 0 bridgehead atoms. The summed E-state index contributed by atoms with van der Waals surface area (Å²) in [5.74, 6) is -2.54. The third kappa shape index (κ3) is 16.7. The van der Waals surface area contributed by atoms with Crippen molar-refractivity contribution in [1.82, 2.24) is 93.1 Å². The van der Waals surface area contributed by atoms with Gasteiger partial charge in [-0.15, -0.1) is 11.3 Å². The SMILES string of the molecule is Nc1c(Br)c(-c2ccc(C(=O)O)[nH]2)nc2c(-c3ccc(-c4ccccc4)nc3)cnn12.Nc1c(Br)c(-c2ccc(C(=O)O)s2)nc2c(-c3ccc(-c4ccccc4)nc3)cnn12.Nc1c(Br)c(-c2cccc(C(=O)O)c2)nc2c(-c3ccc(-c4ccccc4)nc3)cnn12.Nc1c(Br)c(-c2cnn(CC(=O)O)c2)nc2c(-c3ccc(-c4ccccc4)nc3)cnn12. The molecule has 0 saturated carbocycles. The van der Waals surface area contributed by atoms with Crippen LogP contribution in [0.3, 0.4) is 0 Å². The van der Waals surface area contributed by atoms with E-state index >= 15 is 0 Å². The lowest BCUT2D eigenvalue weighted by Gasteiger charge is -2.10. The van der Waals surface area contributed by atoms with E-state index < -0.39 is 23.9 Å². The highest BCUT2D eigenvalue weighted by molar-refractivity contribution is 9.11. The summed E-state index contributed by atoms with van der Waals surface area (Å²) in [5, 5.41) is 58.4. The van der Waals surface area contributed by atoms with Gasteiger partial charge in [-0.3, -0.25) is 29.4 Å². The number of carbonyl (C=O) groups is 4. The Balaban J connectivity index is 0.000000119. The van der Waals surface area contributed by atoms with Gasteiger partial charge in [0.15, 0.2) is 22.6 Å². The molecular weight excluding hydrogens is 1880 g/mol. The van der Waals surface area contributed by atoms with Gasteiger partial charge < -0.3 is 48.3 Å². The Labute approximate surface area is 749 Å². The number of fused-ring (bicyclic) bond motifs is 4. The minimum Gasteiger partial charge on any atom is -0.480 e. The molecule has 618 valence electrons. The molecule has 15 aromatic heterocycles. The monoisotopic (exact) mass is 1940 g/mol. The van der Waals surface area contributed by atoms with E-state index in [0.717, 1.165) is 101 Å². The number of aromatic amines is 1. The smallest absolute Gasteiger partial charge is 0.352 e. The van der Waals surface area contributed by atoms with Gasteiger partial charge in [-0.25, -0.2) is 34.3 Å². The van der Waals surface area contributed by atoms with Crippen molar-refractivity contribution in [2.45, 2.75) is 6.54 Å². The number of nitrogens with two attached hydrogens (primary N) is 4. The highest BCUT2D eigenvalue weighted by Crippen LogP contribution is 2.42. The number of nitrogens with zero attached hydrogens (tertiary/aromatic N) is 18. The molecule has 13 N–H and O–H groups in total. The first-order valence-electron chi connectivity index (χ1n) is 37.8. The van der Waals surface area contributed by atoms with Crippen LogP contribution in [0.2, 0.25) is 0 Å². The van der Waals surface area contributed by atoms with Crippen molar-refractivity contribution in [3.05, 3.63) is 314 Å². The Bertz CT molecular complexity index is 7320. The minimum absolute atomic E-state index is 0.0663. The molecule has 0 unspecified atom stereocenters. The van der Waals surface area contributed by atoms with Gasteiger partial charge in [-0.2, -0.15) is 43.6 Å². The third-order valence-electron chi connectivity index (χ3n) is 19.9. The number of benzene rings is 5. The molecule has 0 aliphatic rings. The number of thiophene rings is 1. The minimum atomic E-state index is -1.05. The van der Waals surface area contributed by atoms with E-state index in [0.29, 0.717) is 108 Å². The van der Waals surface area contributed by atoms with Gasteiger partial charge in [0, 0.05) is 109 Å². The summed E-state index contributed by atoms with van der Waals surface area (Å²) in [5.41, 5.74) is 45.7. The van der Waals surface area contributed by atoms with Gasteiger partial charge in [0.1, 0.15) is 51.8 Å². The predicted octanol–water partition coefficient (Wildman–Crippen LogP) is 18.6. The van der Waals surface area contributed by atoms with E-state index in [1.807, 2.05) is 170 Å². The van der Waals surface area contributed by atoms with Gasteiger partial charge in [-0.05, 0) is 124 Å². The Morgan fingerprint density at radius 3 is 1.06 bits per heavy atom. The molecule has 20 aromatic rings. The number of aromatic nitrogens is 19. The van der Waals surface area contributed by atoms with E-state index in [1.165, 1.54) is 21.3 Å². The van der Waals surface area contributed by atoms with Crippen LogP contribution >= 0.6 is 75.1 Å². The zero-order valence-corrected chi connectivity index (χ0v) is 72.1. The Morgan fingerprint density at radius 2 is 0.706 bits per heavy atom. The van der Waals surface area contributed by atoms with Crippen LogP contribution < -0.4 is 22.9 Å². The molecule has 0 fully saturated rings. The lowest BCUT2D eigenvalue weighted by molar-refractivity contribution is -0.137. The molecular formula is C90H61Br4N23O8S. The van der Waals surface area contributed by atoms with E-state index in [2.05, 4.69) is 114 Å². The molecule has 126 heavy (non-hydrogen) atoms. The molecule has 31 nitrogen and oxygen atoms in total. The van der Waals surface area contributed by atoms with E-state index in [9.17, 15) is 34.5 Å². The fourth-order valence-electron chi connectivity index (χ4n) is 13.6. The number of nitrogens with one attached hydrogen (secondary N) is 1. The Kier molecular flexibility index (Phi) is 23.3. The number of anilines is 4. The first-order valence-corrected chi connectivity index (χ1v) is 41.8. The van der Waals surface area contributed by atoms with E-state index in [1.54, 1.807) is 112 Å². The van der Waals surface area contributed by atoms with E-state index in [4.69, 9.17) is 48.0 Å². The van der Waals surface area contributed by atoms with Crippen LogP contribution in [-0.2, 0) is 11.3 Å². The van der Waals surface area contributed by atoms with Crippen LogP contribution in [0.25, 0.3) is 157 Å². The second kappa shape index (κ2) is 35.4. The van der Waals surface area contributed by atoms with Crippen LogP contribution in [0.1, 0.15) is 30.5 Å². The first kappa shape index (κ1) is 82.7. The predicted molar refractivity (Wildman–Crippen MR) is 493 cm³/mol. The van der Waals surface area contributed by atoms with Gasteiger partial charge in [-0.1, -0.05) is 158 Å². The number of nitrogen functional groups attached to an aromatic ring is 4. The molecule has 5 aromatic carbocycles. The number of pyridine rings is 4. The molecule has 0 amide bonds. The summed E-state index contributed by atoms with van der Waals surface area (Å²) < 4.78 is 9.69. The second-order valence-corrected chi connectivity index (χ2v) is 32.0. The number of hydrogen-bond donors (Lipinski definition) is 9. The third-order valence-corrected chi connectivity index (χ3v) is 24.1. The van der Waals surface area contributed by atoms with Crippen LogP contribution in [0.5, 0.6) is 0 Å². The fraction of sp³-hybridized carbons (Fsp3) is 0.0111. The van der Waals surface area contributed by atoms with Crippen LogP contribution in [0.15, 0.2) is 298 Å². The molecule has 20 rings (SSSR count). The van der Waals surface area contributed by atoms with Gasteiger partial charge in [0.05, 0.1) is 99.2 Å². The molecule has 0 saturated heterocycles. The number of rotatable bonds is 17. The summed E-state index contributed by atoms with van der Waals surface area (Å²) in [7, 11) is 0. The highest BCUT2D eigenvalue weighted by Gasteiger charge is 2.26. The number of carboxylic acids is 4. The van der Waals surface area contributed by atoms with Gasteiger partial charge in [0.25, 0.3) is 0 Å². The van der Waals surface area contributed by atoms with Crippen LogP contribution in [-0.4, -0.2) is 137 Å². The zero-order chi connectivity index (χ0) is 87.6. The summed E-state index contributed by atoms with van der Waals surface area (Å²) in [4.78, 5) is 86.0. The normalized spacial score (nSPS) is 11.1. The van der Waals surface area contributed by atoms with Crippen molar-refractivity contribution in [3.8, 4) is 134 Å². The van der Waals surface area contributed by atoms with Crippen molar-refractivity contribution >= 4 is 145 Å². The largest absolute Gasteiger partial charge is 0.480 e. The lowest BCUT2D eigenvalue weighted by atomic mass is 10.1. The molecule has 0 radical (unpaired) electrons. The number of carboxylic acid groups (broad SMARTS) is 4. The Hall–Kier alpha value is -15.6. The maximum atomic E-state index is 11.4. The quantitative estimate of drug-likeness (QED) is 0.0409. The van der Waals surface area contributed by atoms with E-state index in [-0.39, 0.29) is 22.7 Å². The van der Waals surface area contributed by atoms with Crippen LogP contribution in [0.4, 0.5) is 23.3 Å². The van der Waals surface area contributed by atoms with Crippen molar-refractivity contribution in [1.29, 1.82) is 0 Å². The Morgan fingerprint density at radius 1 is 0.341 bits per heavy atom. The van der Waals surface area contributed by atoms with Crippen molar-refractivity contribution < 1.29 is 39.6 Å². The summed E-state index contributed by atoms with van der Waals surface area (Å²) in [6, 6.07) is 68.4. The summed E-state index contributed by atoms with van der Waals surface area (Å²) in [6.07, 6.45) is 17.1. The van der Waals surface area contributed by atoms with Gasteiger partial charge >= 0.3 is 23.9 Å². The molecule has 0 spiro atoms. The number of aliphatic carboxylic acids is 1. The molecule has 15 heterocycles. The van der Waals surface area contributed by atoms with Crippen LogP contribution in [0, 0.1) is 0 Å².